The van der Waals surface area contributed by atoms with E-state index in [1.165, 1.54) is 0 Å². The minimum absolute atomic E-state index is 0.0601. The van der Waals surface area contributed by atoms with E-state index in [0.29, 0.717) is 23.3 Å². The Morgan fingerprint density at radius 1 is 1.14 bits per heavy atom. The van der Waals surface area contributed by atoms with E-state index in [0.717, 1.165) is 73.4 Å². The summed E-state index contributed by atoms with van der Waals surface area (Å²) in [5, 5.41) is 11.5. The van der Waals surface area contributed by atoms with Crippen LogP contribution in [0.4, 0.5) is 5.82 Å². The topological polar surface area (TPSA) is 99.8 Å². The van der Waals surface area contributed by atoms with Gasteiger partial charge in [0.15, 0.2) is 0 Å². The van der Waals surface area contributed by atoms with E-state index >= 15 is 0 Å². The van der Waals surface area contributed by atoms with Crippen molar-refractivity contribution in [2.75, 3.05) is 18.5 Å². The van der Waals surface area contributed by atoms with Gasteiger partial charge in [-0.1, -0.05) is 17.7 Å². The highest BCUT2D eigenvalue weighted by Crippen LogP contribution is 2.32. The summed E-state index contributed by atoms with van der Waals surface area (Å²) in [5.41, 5.74) is 3.80. The summed E-state index contributed by atoms with van der Waals surface area (Å²) < 4.78 is 9.66. The smallest absolute Gasteiger partial charge is 0.230 e. The number of amides is 1. The molecule has 1 aromatic carbocycles. The van der Waals surface area contributed by atoms with Crippen molar-refractivity contribution in [3.05, 3.63) is 54.0 Å². The summed E-state index contributed by atoms with van der Waals surface area (Å²) in [6, 6.07) is 7.98. The number of anilines is 1. The summed E-state index contributed by atoms with van der Waals surface area (Å²) in [6.45, 7) is 3.14. The van der Waals surface area contributed by atoms with Crippen LogP contribution >= 0.6 is 11.6 Å². The van der Waals surface area contributed by atoms with Gasteiger partial charge in [-0.25, -0.2) is 9.97 Å². The lowest BCUT2D eigenvalue weighted by Gasteiger charge is -2.22. The van der Waals surface area contributed by atoms with Crippen LogP contribution in [0.25, 0.3) is 22.2 Å². The number of aromatic nitrogens is 6. The van der Waals surface area contributed by atoms with Gasteiger partial charge in [-0.2, -0.15) is 0 Å². The zero-order chi connectivity index (χ0) is 23.8. The first-order valence-corrected chi connectivity index (χ1v) is 12.4. The van der Waals surface area contributed by atoms with E-state index in [1.807, 2.05) is 29.1 Å². The Kier molecular flexibility index (Phi) is 5.95. The predicted molar refractivity (Wildman–Crippen MR) is 132 cm³/mol. The molecule has 3 aromatic heterocycles. The second kappa shape index (κ2) is 9.39. The van der Waals surface area contributed by atoms with Crippen LogP contribution in [-0.4, -0.2) is 48.4 Å². The summed E-state index contributed by atoms with van der Waals surface area (Å²) in [6.07, 6.45) is 8.79. The van der Waals surface area contributed by atoms with Gasteiger partial charge in [0.1, 0.15) is 18.0 Å². The van der Waals surface area contributed by atoms with Crippen LogP contribution in [0.2, 0.25) is 5.02 Å². The molecule has 0 bridgehead atoms. The molecule has 1 amide bonds. The minimum atomic E-state index is -0.157. The molecule has 6 rings (SSSR count). The first-order valence-electron chi connectivity index (χ1n) is 12.0. The molecule has 1 N–H and O–H groups in total. The summed E-state index contributed by atoms with van der Waals surface area (Å²) in [7, 11) is 0. The van der Waals surface area contributed by atoms with E-state index < -0.39 is 0 Å². The predicted octanol–water partition coefficient (Wildman–Crippen LogP) is 3.97. The number of nitrogens with zero attached hydrogens (tertiary/aromatic N) is 6. The van der Waals surface area contributed by atoms with Gasteiger partial charge in [-0.3, -0.25) is 4.79 Å². The number of aryl methyl sites for hydroxylation is 1. The Hall–Kier alpha value is -3.30. The Morgan fingerprint density at radius 3 is 2.91 bits per heavy atom. The van der Waals surface area contributed by atoms with Gasteiger partial charge in [-0.15, -0.1) is 10.2 Å². The molecular weight excluding hydrogens is 466 g/mol. The lowest BCUT2D eigenvalue weighted by molar-refractivity contribution is -0.120. The molecule has 1 atom stereocenters. The molecule has 180 valence electrons. The molecule has 35 heavy (non-hydrogen) atoms. The number of hydrogen-bond acceptors (Lipinski definition) is 6. The maximum absolute atomic E-state index is 12.9. The molecule has 2 aliphatic heterocycles. The summed E-state index contributed by atoms with van der Waals surface area (Å²) >= 11 is 6.55. The number of carbonyl (C=O) groups excluding carboxylic acids is 1. The van der Waals surface area contributed by atoms with Crippen molar-refractivity contribution in [1.29, 1.82) is 0 Å². The molecule has 10 heteroatoms. The normalized spacial score (nSPS) is 18.5. The van der Waals surface area contributed by atoms with Crippen molar-refractivity contribution in [2.24, 2.45) is 11.8 Å². The fourth-order valence-electron chi connectivity index (χ4n) is 5.00. The van der Waals surface area contributed by atoms with Crippen LogP contribution in [0.3, 0.4) is 0 Å². The highest BCUT2D eigenvalue weighted by atomic mass is 35.5. The molecule has 4 aromatic rings. The third-order valence-corrected chi connectivity index (χ3v) is 7.34. The highest BCUT2D eigenvalue weighted by Gasteiger charge is 2.26. The van der Waals surface area contributed by atoms with Crippen molar-refractivity contribution in [1.82, 2.24) is 29.3 Å². The van der Waals surface area contributed by atoms with Crippen molar-refractivity contribution in [2.45, 2.75) is 38.8 Å². The molecule has 2 aliphatic rings. The quantitative estimate of drug-likeness (QED) is 0.453. The Bertz CT molecular complexity index is 1380. The second-order valence-electron chi connectivity index (χ2n) is 9.33. The number of fused-ring (bicyclic) bond motifs is 2. The number of imidazole rings is 1. The van der Waals surface area contributed by atoms with Crippen LogP contribution in [0, 0.1) is 11.8 Å². The van der Waals surface area contributed by atoms with E-state index in [4.69, 9.17) is 16.3 Å². The van der Waals surface area contributed by atoms with Gasteiger partial charge >= 0.3 is 0 Å². The van der Waals surface area contributed by atoms with E-state index in [1.54, 1.807) is 12.5 Å². The van der Waals surface area contributed by atoms with Crippen LogP contribution in [0.5, 0.6) is 0 Å². The van der Waals surface area contributed by atoms with Crippen LogP contribution in [0.15, 0.2) is 43.1 Å². The van der Waals surface area contributed by atoms with Crippen molar-refractivity contribution in [3.63, 3.8) is 0 Å². The molecular formula is C25H26ClN7O2. The summed E-state index contributed by atoms with van der Waals surface area (Å²) in [4.78, 5) is 21.9. The number of ether oxygens (including phenoxy) is 1. The number of carbonyl (C=O) groups is 1. The fourth-order valence-corrected chi connectivity index (χ4v) is 5.22. The number of pyridine rings is 1. The van der Waals surface area contributed by atoms with E-state index in [-0.39, 0.29) is 11.8 Å². The third kappa shape index (κ3) is 4.53. The van der Waals surface area contributed by atoms with Crippen molar-refractivity contribution < 1.29 is 9.53 Å². The van der Waals surface area contributed by atoms with Gasteiger partial charge in [0.25, 0.3) is 0 Å². The van der Waals surface area contributed by atoms with Gasteiger partial charge < -0.3 is 19.2 Å². The lowest BCUT2D eigenvalue weighted by Crippen LogP contribution is -2.31. The molecule has 1 saturated heterocycles. The van der Waals surface area contributed by atoms with Gasteiger partial charge in [0.2, 0.25) is 5.91 Å². The second-order valence-corrected chi connectivity index (χ2v) is 9.74. The van der Waals surface area contributed by atoms with Gasteiger partial charge in [0.05, 0.1) is 28.3 Å². The highest BCUT2D eigenvalue weighted by molar-refractivity contribution is 6.33. The average molecular weight is 492 g/mol. The van der Waals surface area contributed by atoms with Gasteiger partial charge in [0, 0.05) is 44.5 Å². The van der Waals surface area contributed by atoms with Crippen LogP contribution in [0.1, 0.15) is 25.1 Å². The Morgan fingerprint density at radius 2 is 2.03 bits per heavy atom. The zero-order valence-corrected chi connectivity index (χ0v) is 20.0. The molecule has 1 unspecified atom stereocenters. The van der Waals surface area contributed by atoms with E-state index in [2.05, 4.69) is 36.1 Å². The monoisotopic (exact) mass is 491 g/mol. The number of benzene rings is 1. The van der Waals surface area contributed by atoms with Crippen molar-refractivity contribution in [3.8, 4) is 11.1 Å². The first-order chi connectivity index (χ1) is 17.1. The number of hydrogen-bond donors (Lipinski definition) is 1. The molecule has 0 saturated carbocycles. The maximum Gasteiger partial charge on any atom is 0.230 e. The number of nitrogens with one attached hydrogen (secondary N) is 1. The number of halogens is 1. The first kappa shape index (κ1) is 22.2. The third-order valence-electron chi connectivity index (χ3n) is 7.03. The molecule has 0 radical (unpaired) electrons. The molecule has 9 nitrogen and oxygen atoms in total. The zero-order valence-electron chi connectivity index (χ0n) is 19.2. The van der Waals surface area contributed by atoms with E-state index in [9.17, 15) is 4.79 Å². The lowest BCUT2D eigenvalue weighted by atomic mass is 9.98. The molecule has 0 spiro atoms. The standard InChI is InChI=1S/C25H26ClN7O2/c26-20-11-27-23(30-25(34)18-2-4-24-31-29-15-33(24)13-18)10-19(20)17-1-3-21-22(9-17)32(14-28-21)12-16-5-7-35-8-6-16/h1,3,9-11,14-16,18H,2,4-8,12-13H2,(H,27,30,34). The fraction of sp³-hybridized carbons (Fsp3) is 0.400. The maximum atomic E-state index is 12.9. The SMILES string of the molecule is O=C(Nc1cc(-c2ccc3ncn(CC4CCOCC4)c3c2)c(Cl)cn1)C1CCc2nncn2C1. The molecule has 1 fully saturated rings. The average Bonchev–Trinajstić information content (AvgIpc) is 3.52. The van der Waals surface area contributed by atoms with Crippen LogP contribution in [-0.2, 0) is 29.0 Å². The summed E-state index contributed by atoms with van der Waals surface area (Å²) in [5.74, 6) is 1.78. The Balaban J connectivity index is 1.23. The molecule has 0 aliphatic carbocycles. The Labute approximate surface area is 207 Å². The number of rotatable bonds is 5. The largest absolute Gasteiger partial charge is 0.381 e. The van der Waals surface area contributed by atoms with Gasteiger partial charge in [-0.05, 0) is 48.9 Å². The molecule has 5 heterocycles. The van der Waals surface area contributed by atoms with Crippen molar-refractivity contribution >= 4 is 34.4 Å². The van der Waals surface area contributed by atoms with Crippen LogP contribution < -0.4 is 5.32 Å². The minimum Gasteiger partial charge on any atom is -0.381 e.